The van der Waals surface area contributed by atoms with E-state index in [0.29, 0.717) is 12.0 Å². The molecule has 0 saturated heterocycles. The summed E-state index contributed by atoms with van der Waals surface area (Å²) in [5.41, 5.74) is 1.31. The summed E-state index contributed by atoms with van der Waals surface area (Å²) in [6, 6.07) is 18.4. The SMILES string of the molecule is C=C(C(c1ccccc1)C(CC)C(=O)c1nccn1-c1ccccc1)[N+](=O)[O-]. The zero-order valence-electron chi connectivity index (χ0n) is 15.6. The van der Waals surface area contributed by atoms with Gasteiger partial charge in [0, 0.05) is 24.0 Å². The highest BCUT2D eigenvalue weighted by Gasteiger charge is 2.38. The summed E-state index contributed by atoms with van der Waals surface area (Å²) in [5.74, 6) is -1.36. The Morgan fingerprint density at radius 2 is 1.75 bits per heavy atom. The maximum absolute atomic E-state index is 13.4. The number of benzene rings is 2. The van der Waals surface area contributed by atoms with Crippen LogP contribution in [0.4, 0.5) is 0 Å². The highest BCUT2D eigenvalue weighted by atomic mass is 16.6. The Labute approximate surface area is 163 Å². The molecule has 142 valence electrons. The van der Waals surface area contributed by atoms with Crippen molar-refractivity contribution >= 4 is 5.78 Å². The zero-order valence-corrected chi connectivity index (χ0v) is 15.6. The van der Waals surface area contributed by atoms with Gasteiger partial charge in [-0.05, 0) is 30.7 Å². The lowest BCUT2D eigenvalue weighted by atomic mass is 9.79. The normalized spacial score (nSPS) is 12.9. The fourth-order valence-corrected chi connectivity index (χ4v) is 3.45. The predicted octanol–water partition coefficient (Wildman–Crippen LogP) is 4.66. The number of allylic oxidation sites excluding steroid dienone is 1. The number of nitrogens with zero attached hydrogens (tertiary/aromatic N) is 3. The van der Waals surface area contributed by atoms with Crippen molar-refractivity contribution in [2.75, 3.05) is 0 Å². The molecule has 28 heavy (non-hydrogen) atoms. The van der Waals surface area contributed by atoms with Gasteiger partial charge in [0.15, 0.2) is 5.82 Å². The van der Waals surface area contributed by atoms with Crippen LogP contribution in [0.5, 0.6) is 0 Å². The Balaban J connectivity index is 2.04. The monoisotopic (exact) mass is 375 g/mol. The predicted molar refractivity (Wildman–Crippen MR) is 107 cm³/mol. The molecule has 2 atom stereocenters. The Hall–Kier alpha value is -3.54. The van der Waals surface area contributed by atoms with Crippen LogP contribution in [-0.4, -0.2) is 20.3 Å². The summed E-state index contributed by atoms with van der Waals surface area (Å²) in [7, 11) is 0. The molecule has 0 aliphatic rings. The average Bonchev–Trinajstić information content (AvgIpc) is 3.22. The molecule has 3 rings (SSSR count). The van der Waals surface area contributed by atoms with E-state index < -0.39 is 16.8 Å². The summed E-state index contributed by atoms with van der Waals surface area (Å²) in [4.78, 5) is 28.7. The van der Waals surface area contributed by atoms with Crippen LogP contribution in [0.2, 0.25) is 0 Å². The van der Waals surface area contributed by atoms with E-state index in [1.54, 1.807) is 41.2 Å². The van der Waals surface area contributed by atoms with E-state index in [9.17, 15) is 14.9 Å². The minimum Gasteiger partial charge on any atom is -0.297 e. The number of rotatable bonds is 8. The van der Waals surface area contributed by atoms with E-state index in [-0.39, 0.29) is 17.3 Å². The number of carbonyl (C=O) groups excluding carboxylic acids is 1. The summed E-state index contributed by atoms with van der Waals surface area (Å²) in [5, 5.41) is 11.5. The fourth-order valence-electron chi connectivity index (χ4n) is 3.45. The molecule has 0 aliphatic heterocycles. The number of aromatic nitrogens is 2. The maximum atomic E-state index is 13.4. The van der Waals surface area contributed by atoms with Crippen LogP contribution >= 0.6 is 0 Å². The van der Waals surface area contributed by atoms with Crippen molar-refractivity contribution in [3.8, 4) is 5.69 Å². The third-order valence-electron chi connectivity index (χ3n) is 4.83. The quantitative estimate of drug-likeness (QED) is 0.326. The smallest absolute Gasteiger partial charge is 0.247 e. The number of imidazole rings is 1. The van der Waals surface area contributed by atoms with Gasteiger partial charge in [0.2, 0.25) is 11.5 Å². The van der Waals surface area contributed by atoms with Crippen molar-refractivity contribution < 1.29 is 9.72 Å². The van der Waals surface area contributed by atoms with Crippen molar-refractivity contribution in [1.82, 2.24) is 9.55 Å². The third-order valence-corrected chi connectivity index (χ3v) is 4.83. The molecule has 3 aromatic rings. The largest absolute Gasteiger partial charge is 0.297 e. The second kappa shape index (κ2) is 8.43. The first kappa shape index (κ1) is 19.2. The van der Waals surface area contributed by atoms with E-state index in [0.717, 1.165) is 5.69 Å². The number of hydrogen-bond acceptors (Lipinski definition) is 4. The third kappa shape index (κ3) is 3.76. The number of para-hydroxylation sites is 1. The number of ketones is 1. The number of Topliss-reactive ketones (excluding diaryl/α,β-unsaturated/α-hetero) is 1. The highest BCUT2D eigenvalue weighted by Crippen LogP contribution is 2.35. The van der Waals surface area contributed by atoms with Gasteiger partial charge in [-0.25, -0.2) is 4.98 Å². The molecule has 2 aromatic carbocycles. The first-order valence-electron chi connectivity index (χ1n) is 9.05. The Morgan fingerprint density at radius 3 is 2.32 bits per heavy atom. The first-order valence-corrected chi connectivity index (χ1v) is 9.05. The fraction of sp³-hybridized carbons (Fsp3) is 0.182. The topological polar surface area (TPSA) is 78.0 Å². The molecule has 0 bridgehead atoms. The van der Waals surface area contributed by atoms with Crippen molar-refractivity contribution in [2.45, 2.75) is 19.3 Å². The van der Waals surface area contributed by atoms with Crippen LogP contribution in [0.15, 0.2) is 85.3 Å². The van der Waals surface area contributed by atoms with Crippen molar-refractivity contribution in [3.05, 3.63) is 107 Å². The van der Waals surface area contributed by atoms with Gasteiger partial charge >= 0.3 is 0 Å². The molecule has 6 nitrogen and oxygen atoms in total. The van der Waals surface area contributed by atoms with E-state index >= 15 is 0 Å². The maximum Gasteiger partial charge on any atom is 0.247 e. The van der Waals surface area contributed by atoms with Gasteiger partial charge in [-0.1, -0.05) is 55.5 Å². The minimum absolute atomic E-state index is 0.191. The van der Waals surface area contributed by atoms with Gasteiger partial charge in [-0.2, -0.15) is 0 Å². The lowest BCUT2D eigenvalue weighted by molar-refractivity contribution is -0.430. The summed E-state index contributed by atoms with van der Waals surface area (Å²) in [6.07, 6.45) is 3.70. The molecular formula is C22H21N3O3. The molecule has 0 fully saturated rings. The molecule has 0 saturated carbocycles. The average molecular weight is 375 g/mol. The van der Waals surface area contributed by atoms with Crippen molar-refractivity contribution in [3.63, 3.8) is 0 Å². The van der Waals surface area contributed by atoms with Gasteiger partial charge < -0.3 is 0 Å². The van der Waals surface area contributed by atoms with E-state index in [2.05, 4.69) is 11.6 Å². The zero-order chi connectivity index (χ0) is 20.1. The second-order valence-electron chi connectivity index (χ2n) is 6.47. The second-order valence-corrected chi connectivity index (χ2v) is 6.47. The van der Waals surface area contributed by atoms with Crippen LogP contribution in [0.1, 0.15) is 35.4 Å². The lowest BCUT2D eigenvalue weighted by Gasteiger charge is -2.23. The van der Waals surface area contributed by atoms with Crippen LogP contribution < -0.4 is 0 Å². The van der Waals surface area contributed by atoms with Gasteiger partial charge in [-0.15, -0.1) is 0 Å². The van der Waals surface area contributed by atoms with E-state index in [1.165, 1.54) is 0 Å². The van der Waals surface area contributed by atoms with Crippen molar-refractivity contribution in [2.24, 2.45) is 5.92 Å². The molecule has 1 heterocycles. The van der Waals surface area contributed by atoms with Crippen molar-refractivity contribution in [1.29, 1.82) is 0 Å². The van der Waals surface area contributed by atoms with Crippen LogP contribution in [-0.2, 0) is 0 Å². The molecule has 0 spiro atoms. The van der Waals surface area contributed by atoms with Crippen LogP contribution in [0.3, 0.4) is 0 Å². The highest BCUT2D eigenvalue weighted by molar-refractivity contribution is 5.96. The molecule has 0 radical (unpaired) electrons. The summed E-state index contributed by atoms with van der Waals surface area (Å²) in [6.45, 7) is 5.51. The number of carbonyl (C=O) groups is 1. The Bertz CT molecular complexity index is 981. The van der Waals surface area contributed by atoms with Gasteiger partial charge in [0.05, 0.1) is 10.8 Å². The molecular weight excluding hydrogens is 354 g/mol. The molecule has 0 amide bonds. The number of hydrogen-bond donors (Lipinski definition) is 0. The van der Waals surface area contributed by atoms with Gasteiger partial charge in [-0.3, -0.25) is 19.5 Å². The first-order chi connectivity index (χ1) is 13.5. The summed E-state index contributed by atoms with van der Waals surface area (Å²) < 4.78 is 1.71. The minimum atomic E-state index is -0.727. The summed E-state index contributed by atoms with van der Waals surface area (Å²) >= 11 is 0. The number of nitro groups is 1. The molecule has 2 unspecified atom stereocenters. The van der Waals surface area contributed by atoms with Crippen LogP contribution in [0, 0.1) is 16.0 Å². The molecule has 1 aromatic heterocycles. The van der Waals surface area contributed by atoms with Gasteiger partial charge in [0.25, 0.3) is 0 Å². The van der Waals surface area contributed by atoms with Crippen LogP contribution in [0.25, 0.3) is 5.69 Å². The lowest BCUT2D eigenvalue weighted by Crippen LogP contribution is -2.27. The molecule has 0 aliphatic carbocycles. The Morgan fingerprint density at radius 1 is 1.14 bits per heavy atom. The molecule has 0 N–H and O–H groups in total. The van der Waals surface area contributed by atoms with E-state index in [1.807, 2.05) is 43.3 Å². The molecule has 6 heteroatoms. The Kier molecular flexibility index (Phi) is 5.79. The van der Waals surface area contributed by atoms with Gasteiger partial charge in [0.1, 0.15) is 0 Å². The standard InChI is InChI=1S/C22H21N3O3/c1-3-19(20(16(2)25(27)28)17-10-6-4-7-11-17)21(26)22-23-14-15-24(22)18-12-8-5-9-13-18/h4-15,19-20H,2-3H2,1H3. The van der Waals surface area contributed by atoms with E-state index in [4.69, 9.17) is 0 Å².